The molecule has 28 heavy (non-hydrogen) atoms. The van der Waals surface area contributed by atoms with Gasteiger partial charge in [0.1, 0.15) is 11.4 Å². The van der Waals surface area contributed by atoms with Crippen LogP contribution in [0.15, 0.2) is 40.7 Å². The normalized spacial score (nSPS) is 30.7. The van der Waals surface area contributed by atoms with Gasteiger partial charge in [0.05, 0.1) is 6.10 Å². The number of fused-ring (bicyclic) bond motifs is 2. The number of aromatic hydroxyl groups is 1. The summed E-state index contributed by atoms with van der Waals surface area (Å²) in [5.41, 5.74) is 1.80. The highest BCUT2D eigenvalue weighted by atomic mass is 16.5. The first-order valence-electron chi connectivity index (χ1n) is 10.1. The quantitative estimate of drug-likeness (QED) is 0.649. The van der Waals surface area contributed by atoms with E-state index in [1.165, 1.54) is 12.1 Å². The van der Waals surface area contributed by atoms with E-state index < -0.39 is 17.1 Å². The van der Waals surface area contributed by atoms with Crippen LogP contribution in [0, 0.1) is 18.3 Å². The molecular weight excluding hydrogens is 352 g/mol. The van der Waals surface area contributed by atoms with Gasteiger partial charge in [0.25, 0.3) is 0 Å². The summed E-state index contributed by atoms with van der Waals surface area (Å²) in [5, 5.41) is 20.8. The smallest absolute Gasteiger partial charge is 0.223 e. The maximum atomic E-state index is 12.2. The standard InChI is InChI=1S/C24H32O4/c1-15-7-10-23(3,4)8-6-9-24(5)17(13-19(15)25)12-18-16(2)11-20(26)21(27)14-22(18)28-24/h6-8,11,14,17,19,25H,9-10,12-13H2,1-5H3,(H,26,27)/b8-6-,15-7?/t17-,19-,24-/m1/s1. The molecule has 0 spiro atoms. The molecule has 1 aromatic carbocycles. The Balaban J connectivity index is 2.09. The van der Waals surface area contributed by atoms with Crippen molar-refractivity contribution >= 4 is 0 Å². The average molecular weight is 385 g/mol. The van der Waals surface area contributed by atoms with Crippen molar-refractivity contribution in [3.05, 3.63) is 57.3 Å². The molecule has 3 atom stereocenters. The van der Waals surface area contributed by atoms with Crippen LogP contribution in [-0.4, -0.2) is 21.9 Å². The number of allylic oxidation sites excluding steroid dienone is 2. The molecule has 152 valence electrons. The SMILES string of the molecule is CC1=CCC(C)(C)/C=C\C[C@@]2(C)Oc3cc(=O)c(O)cc(C)c3C[C@@H]2C[C@H]1O. The van der Waals surface area contributed by atoms with Crippen molar-refractivity contribution in [2.24, 2.45) is 11.3 Å². The van der Waals surface area contributed by atoms with E-state index in [9.17, 15) is 15.0 Å². The minimum absolute atomic E-state index is 0.000751. The fraction of sp³-hybridized carbons (Fsp3) is 0.542. The van der Waals surface area contributed by atoms with Crippen molar-refractivity contribution in [1.29, 1.82) is 0 Å². The van der Waals surface area contributed by atoms with Gasteiger partial charge in [-0.3, -0.25) is 4.79 Å². The molecule has 2 aliphatic rings. The highest BCUT2D eigenvalue weighted by molar-refractivity contribution is 5.44. The lowest BCUT2D eigenvalue weighted by molar-refractivity contribution is -0.00739. The minimum atomic E-state index is -0.534. The lowest BCUT2D eigenvalue weighted by Gasteiger charge is -2.43. The Bertz CT molecular complexity index is 881. The Kier molecular flexibility index (Phi) is 5.46. The van der Waals surface area contributed by atoms with E-state index in [0.717, 1.165) is 23.1 Å². The summed E-state index contributed by atoms with van der Waals surface area (Å²) in [4.78, 5) is 12.2. The fourth-order valence-corrected chi connectivity index (χ4v) is 4.22. The summed E-state index contributed by atoms with van der Waals surface area (Å²) in [5.74, 6) is 0.372. The number of aliphatic hydroxyl groups is 1. The van der Waals surface area contributed by atoms with Gasteiger partial charge in [-0.05, 0) is 68.2 Å². The molecule has 0 aromatic heterocycles. The van der Waals surface area contributed by atoms with Gasteiger partial charge in [0.15, 0.2) is 5.75 Å². The molecule has 1 aliphatic heterocycles. The van der Waals surface area contributed by atoms with Crippen molar-refractivity contribution in [1.82, 2.24) is 0 Å². The van der Waals surface area contributed by atoms with Gasteiger partial charge in [-0.25, -0.2) is 0 Å². The van der Waals surface area contributed by atoms with Gasteiger partial charge >= 0.3 is 0 Å². The van der Waals surface area contributed by atoms with E-state index >= 15 is 0 Å². The van der Waals surface area contributed by atoms with Gasteiger partial charge in [-0.1, -0.05) is 32.1 Å². The van der Waals surface area contributed by atoms with E-state index in [4.69, 9.17) is 4.74 Å². The third-order valence-electron chi connectivity index (χ3n) is 6.37. The van der Waals surface area contributed by atoms with Crippen LogP contribution < -0.4 is 10.2 Å². The van der Waals surface area contributed by atoms with E-state index in [1.54, 1.807) is 0 Å². The molecule has 2 N–H and O–H groups in total. The molecule has 1 aromatic rings. The summed E-state index contributed by atoms with van der Waals surface area (Å²) in [6.07, 6.45) is 8.88. The van der Waals surface area contributed by atoms with Crippen LogP contribution in [0.1, 0.15) is 58.1 Å². The molecule has 0 radical (unpaired) electrons. The number of aryl methyl sites for hydroxylation is 1. The Hall–Kier alpha value is -2.07. The average Bonchev–Trinajstić information content (AvgIpc) is 2.70. The van der Waals surface area contributed by atoms with Crippen molar-refractivity contribution in [2.75, 3.05) is 0 Å². The van der Waals surface area contributed by atoms with Gasteiger partial charge in [0.2, 0.25) is 5.43 Å². The molecule has 0 amide bonds. The predicted octanol–water partition coefficient (Wildman–Crippen LogP) is 4.44. The Labute approximate surface area is 167 Å². The van der Waals surface area contributed by atoms with E-state index in [1.807, 2.05) is 13.8 Å². The lowest BCUT2D eigenvalue weighted by atomic mass is 9.75. The van der Waals surface area contributed by atoms with Crippen LogP contribution in [-0.2, 0) is 6.42 Å². The van der Waals surface area contributed by atoms with E-state index in [-0.39, 0.29) is 17.1 Å². The van der Waals surface area contributed by atoms with Crippen LogP contribution in [0.25, 0.3) is 0 Å². The summed E-state index contributed by atoms with van der Waals surface area (Å²) in [7, 11) is 0. The summed E-state index contributed by atoms with van der Waals surface area (Å²) in [6, 6.07) is 2.92. The van der Waals surface area contributed by atoms with E-state index in [0.29, 0.717) is 25.0 Å². The van der Waals surface area contributed by atoms with Crippen molar-refractivity contribution in [2.45, 2.75) is 72.0 Å². The second-order valence-corrected chi connectivity index (χ2v) is 9.38. The predicted molar refractivity (Wildman–Crippen MR) is 112 cm³/mol. The first kappa shape index (κ1) is 20.7. The summed E-state index contributed by atoms with van der Waals surface area (Å²) >= 11 is 0. The molecule has 0 fully saturated rings. The Morgan fingerprint density at radius 2 is 1.86 bits per heavy atom. The highest BCUT2D eigenvalue weighted by Crippen LogP contribution is 2.43. The molecule has 0 bridgehead atoms. The Morgan fingerprint density at radius 1 is 1.14 bits per heavy atom. The van der Waals surface area contributed by atoms with Crippen molar-refractivity contribution < 1.29 is 14.9 Å². The summed E-state index contributed by atoms with van der Waals surface area (Å²) in [6.45, 7) is 10.3. The molecule has 3 rings (SSSR count). The van der Waals surface area contributed by atoms with Crippen LogP contribution >= 0.6 is 0 Å². The lowest BCUT2D eigenvalue weighted by Crippen LogP contribution is -2.46. The molecule has 0 saturated carbocycles. The largest absolute Gasteiger partial charge is 0.504 e. The van der Waals surface area contributed by atoms with Gasteiger partial charge < -0.3 is 14.9 Å². The first-order chi connectivity index (χ1) is 13.0. The number of hydrogen-bond donors (Lipinski definition) is 2. The molecule has 4 nitrogen and oxygen atoms in total. The van der Waals surface area contributed by atoms with Crippen LogP contribution in [0.2, 0.25) is 0 Å². The zero-order valence-corrected chi connectivity index (χ0v) is 17.6. The fourth-order valence-electron chi connectivity index (χ4n) is 4.22. The molecular formula is C24H32O4. The van der Waals surface area contributed by atoms with Gasteiger partial charge in [-0.2, -0.15) is 0 Å². The minimum Gasteiger partial charge on any atom is -0.504 e. The van der Waals surface area contributed by atoms with Crippen molar-refractivity contribution in [3.8, 4) is 11.5 Å². The number of aliphatic hydroxyl groups excluding tert-OH is 1. The van der Waals surface area contributed by atoms with Gasteiger partial charge in [-0.15, -0.1) is 0 Å². The zero-order valence-electron chi connectivity index (χ0n) is 17.6. The highest BCUT2D eigenvalue weighted by Gasteiger charge is 2.42. The second kappa shape index (κ2) is 7.40. The maximum absolute atomic E-state index is 12.2. The number of ether oxygens (including phenoxy) is 1. The maximum Gasteiger partial charge on any atom is 0.223 e. The van der Waals surface area contributed by atoms with Crippen LogP contribution in [0.4, 0.5) is 0 Å². The zero-order chi connectivity index (χ0) is 20.7. The molecule has 1 heterocycles. The molecule has 4 heteroatoms. The van der Waals surface area contributed by atoms with Crippen LogP contribution in [0.3, 0.4) is 0 Å². The monoisotopic (exact) mass is 384 g/mol. The second-order valence-electron chi connectivity index (χ2n) is 9.38. The number of rotatable bonds is 0. The Morgan fingerprint density at radius 3 is 2.57 bits per heavy atom. The van der Waals surface area contributed by atoms with Gasteiger partial charge in [0, 0.05) is 18.4 Å². The van der Waals surface area contributed by atoms with Crippen molar-refractivity contribution in [3.63, 3.8) is 0 Å². The van der Waals surface area contributed by atoms with E-state index in [2.05, 4.69) is 39.0 Å². The summed E-state index contributed by atoms with van der Waals surface area (Å²) < 4.78 is 6.43. The number of hydrogen-bond acceptors (Lipinski definition) is 4. The molecule has 1 aliphatic carbocycles. The molecule has 0 unspecified atom stereocenters. The molecule has 0 saturated heterocycles. The van der Waals surface area contributed by atoms with Crippen LogP contribution in [0.5, 0.6) is 11.5 Å². The topological polar surface area (TPSA) is 66.8 Å². The first-order valence-corrected chi connectivity index (χ1v) is 10.1. The third-order valence-corrected chi connectivity index (χ3v) is 6.37. The third kappa shape index (κ3) is 4.17.